The summed E-state index contributed by atoms with van der Waals surface area (Å²) < 4.78 is 51.4. The lowest BCUT2D eigenvalue weighted by Crippen LogP contribution is -2.43. The molecule has 2 heterocycles. The van der Waals surface area contributed by atoms with Gasteiger partial charge >= 0.3 is 18.2 Å². The highest BCUT2D eigenvalue weighted by Crippen LogP contribution is 2.37. The summed E-state index contributed by atoms with van der Waals surface area (Å²) in [6.07, 6.45) is -5.42. The normalized spacial score (nSPS) is 16.2. The van der Waals surface area contributed by atoms with Gasteiger partial charge in [-0.15, -0.1) is 0 Å². The van der Waals surface area contributed by atoms with E-state index >= 15 is 0 Å². The van der Waals surface area contributed by atoms with E-state index in [1.807, 2.05) is 0 Å². The Hall–Kier alpha value is -3.86. The highest BCUT2D eigenvalue weighted by molar-refractivity contribution is 5.95. The van der Waals surface area contributed by atoms with Crippen molar-refractivity contribution < 1.29 is 32.2 Å². The van der Waals surface area contributed by atoms with Gasteiger partial charge in [0.05, 0.1) is 12.1 Å². The van der Waals surface area contributed by atoms with Crippen LogP contribution in [0.25, 0.3) is 22.0 Å². The molecular formula is C26H26F3N3O5. The Kier molecular flexibility index (Phi) is 7.00. The first-order chi connectivity index (χ1) is 17.4. The van der Waals surface area contributed by atoms with Crippen LogP contribution in [0.2, 0.25) is 0 Å². The second kappa shape index (κ2) is 9.89. The Morgan fingerprint density at radius 2 is 1.89 bits per heavy atom. The van der Waals surface area contributed by atoms with Crippen LogP contribution in [0.3, 0.4) is 0 Å². The van der Waals surface area contributed by atoms with Crippen molar-refractivity contribution in [1.29, 1.82) is 0 Å². The monoisotopic (exact) mass is 517 g/mol. The number of hydrogen-bond acceptors (Lipinski definition) is 6. The van der Waals surface area contributed by atoms with Gasteiger partial charge in [-0.3, -0.25) is 14.5 Å². The number of nitrogens with one attached hydrogen (secondary N) is 1. The smallest absolute Gasteiger partial charge is 0.417 e. The number of nitrogens with zero attached hydrogens (tertiary/aromatic N) is 1. The third-order valence-electron chi connectivity index (χ3n) is 6.21. The van der Waals surface area contributed by atoms with Crippen LogP contribution in [0.5, 0.6) is 0 Å². The van der Waals surface area contributed by atoms with Gasteiger partial charge in [0.25, 0.3) is 5.56 Å². The van der Waals surface area contributed by atoms with Crippen LogP contribution in [0.4, 0.5) is 23.7 Å². The molecule has 37 heavy (non-hydrogen) atoms. The largest absolute Gasteiger partial charge is 0.456 e. The summed E-state index contributed by atoms with van der Waals surface area (Å²) in [5.74, 6) is -0.454. The number of cyclic esters (lactones) is 1. The lowest BCUT2D eigenvalue weighted by molar-refractivity contribution is -0.165. The number of halogens is 3. The fraction of sp³-hybridized carbons (Fsp3) is 0.346. The Balaban J connectivity index is 1.61. The minimum Gasteiger partial charge on any atom is -0.456 e. The van der Waals surface area contributed by atoms with Crippen LogP contribution in [-0.2, 0) is 20.4 Å². The maximum atomic E-state index is 13.5. The number of amides is 1. The van der Waals surface area contributed by atoms with Gasteiger partial charge in [-0.05, 0) is 56.5 Å². The van der Waals surface area contributed by atoms with Crippen molar-refractivity contribution in [3.05, 3.63) is 64.4 Å². The van der Waals surface area contributed by atoms with E-state index < -0.39 is 41.1 Å². The number of carbonyl (C=O) groups excluding carboxylic acids is 2. The first-order valence-corrected chi connectivity index (χ1v) is 11.6. The molecule has 196 valence electrons. The van der Waals surface area contributed by atoms with Gasteiger partial charge in [-0.1, -0.05) is 24.3 Å². The number of aromatic nitrogens is 1. The highest BCUT2D eigenvalue weighted by Gasteiger charge is 2.44. The molecule has 1 fully saturated rings. The molecule has 8 nitrogen and oxygen atoms in total. The van der Waals surface area contributed by atoms with Crippen LogP contribution < -0.4 is 16.2 Å². The second-order valence-corrected chi connectivity index (χ2v) is 9.28. The quantitative estimate of drug-likeness (QED) is 0.443. The maximum Gasteiger partial charge on any atom is 0.417 e. The summed E-state index contributed by atoms with van der Waals surface area (Å²) >= 11 is 0. The van der Waals surface area contributed by atoms with Gasteiger partial charge < -0.3 is 20.2 Å². The Labute approximate surface area is 210 Å². The fourth-order valence-electron chi connectivity index (χ4n) is 4.22. The Bertz CT molecular complexity index is 1400. The van der Waals surface area contributed by atoms with Crippen LogP contribution in [0, 0.1) is 0 Å². The molecule has 0 radical (unpaired) electrons. The van der Waals surface area contributed by atoms with E-state index in [-0.39, 0.29) is 29.6 Å². The Morgan fingerprint density at radius 3 is 2.59 bits per heavy atom. The zero-order valence-corrected chi connectivity index (χ0v) is 20.2. The zero-order valence-electron chi connectivity index (χ0n) is 20.2. The van der Waals surface area contributed by atoms with Crippen molar-refractivity contribution in [2.45, 2.75) is 44.6 Å². The molecule has 0 bridgehead atoms. The maximum absolute atomic E-state index is 13.5. The van der Waals surface area contributed by atoms with Crippen LogP contribution >= 0.6 is 0 Å². The minimum atomic E-state index is -4.59. The number of fused-ring (bicyclic) bond motifs is 1. The van der Waals surface area contributed by atoms with Crippen molar-refractivity contribution in [2.24, 2.45) is 5.73 Å². The predicted molar refractivity (Wildman–Crippen MR) is 131 cm³/mol. The molecule has 3 N–H and O–H groups in total. The number of benzene rings is 2. The number of H-pyrrole nitrogens is 1. The molecule has 1 aliphatic heterocycles. The van der Waals surface area contributed by atoms with Gasteiger partial charge in [-0.2, -0.15) is 13.2 Å². The number of pyridine rings is 1. The first kappa shape index (κ1) is 26.2. The molecule has 1 aromatic heterocycles. The SMILES string of the molecule is CC(C)(OC(=O)CCCN)C1CN(c2ccc3cc(-c4ccccc4C(F)(F)F)[nH]c(=O)c3c2)C(=O)O1. The van der Waals surface area contributed by atoms with Crippen LogP contribution in [0.15, 0.2) is 53.3 Å². The number of carbonyl (C=O) groups is 2. The zero-order chi connectivity index (χ0) is 27.0. The minimum absolute atomic E-state index is 0.0250. The van der Waals surface area contributed by atoms with E-state index in [0.717, 1.165) is 6.07 Å². The third-order valence-corrected chi connectivity index (χ3v) is 6.21. The molecule has 1 atom stereocenters. The summed E-state index contributed by atoms with van der Waals surface area (Å²) in [4.78, 5) is 41.4. The molecule has 3 aromatic rings. The summed E-state index contributed by atoms with van der Waals surface area (Å²) in [6.45, 7) is 3.69. The van der Waals surface area contributed by atoms with Crippen molar-refractivity contribution in [2.75, 3.05) is 18.0 Å². The van der Waals surface area contributed by atoms with Gasteiger partial charge in [0.2, 0.25) is 0 Å². The van der Waals surface area contributed by atoms with Crippen molar-refractivity contribution in [1.82, 2.24) is 4.98 Å². The molecule has 1 unspecified atom stereocenters. The first-order valence-electron chi connectivity index (χ1n) is 11.6. The molecule has 4 rings (SSSR count). The number of hydrogen-bond donors (Lipinski definition) is 2. The van der Waals surface area contributed by atoms with Crippen molar-refractivity contribution in [3.63, 3.8) is 0 Å². The molecule has 1 aliphatic rings. The average Bonchev–Trinajstić information content (AvgIpc) is 3.24. The lowest BCUT2D eigenvalue weighted by atomic mass is 10.0. The summed E-state index contributed by atoms with van der Waals surface area (Å²) in [5.41, 5.74) is 3.09. The van der Waals surface area contributed by atoms with E-state index in [9.17, 15) is 27.6 Å². The third kappa shape index (κ3) is 5.46. The highest BCUT2D eigenvalue weighted by atomic mass is 19.4. The number of esters is 1. The number of rotatable bonds is 7. The van der Waals surface area contributed by atoms with Gasteiger partial charge in [-0.25, -0.2) is 4.79 Å². The van der Waals surface area contributed by atoms with E-state index in [4.69, 9.17) is 15.2 Å². The number of anilines is 1. The van der Waals surface area contributed by atoms with Gasteiger partial charge in [0, 0.05) is 28.8 Å². The number of nitrogens with two attached hydrogens (primary N) is 1. The van der Waals surface area contributed by atoms with Gasteiger partial charge in [0.1, 0.15) is 5.60 Å². The number of ether oxygens (including phenoxy) is 2. The van der Waals surface area contributed by atoms with E-state index in [1.165, 1.54) is 35.2 Å². The summed E-state index contributed by atoms with van der Waals surface area (Å²) in [5, 5.41) is 0.590. The standard InChI is InChI=1S/C26H26F3N3O5/c1-25(2,37-22(33)8-5-11-30)21-14-32(24(35)36-21)16-10-9-15-12-20(31-23(34)18(15)13-16)17-6-3-4-7-19(17)26(27,28)29/h3-4,6-7,9-10,12-13,21H,5,8,11,14,30H2,1-2H3,(H,31,34). The summed E-state index contributed by atoms with van der Waals surface area (Å²) in [6, 6.07) is 11.0. The van der Waals surface area contributed by atoms with Crippen LogP contribution in [-0.4, -0.2) is 41.8 Å². The molecular weight excluding hydrogens is 491 g/mol. The Morgan fingerprint density at radius 1 is 1.16 bits per heavy atom. The van der Waals surface area contributed by atoms with Crippen molar-refractivity contribution >= 4 is 28.5 Å². The summed E-state index contributed by atoms with van der Waals surface area (Å²) in [7, 11) is 0. The molecule has 0 spiro atoms. The molecule has 11 heteroatoms. The molecule has 1 saturated heterocycles. The predicted octanol–water partition coefficient (Wildman–Crippen LogP) is 4.60. The van der Waals surface area contributed by atoms with Crippen molar-refractivity contribution in [3.8, 4) is 11.3 Å². The fourth-order valence-corrected chi connectivity index (χ4v) is 4.22. The lowest BCUT2D eigenvalue weighted by Gasteiger charge is -2.29. The number of alkyl halides is 3. The number of aromatic amines is 1. The van der Waals surface area contributed by atoms with E-state index in [1.54, 1.807) is 26.0 Å². The van der Waals surface area contributed by atoms with E-state index in [0.29, 0.717) is 24.0 Å². The van der Waals surface area contributed by atoms with Gasteiger partial charge in [0.15, 0.2) is 6.10 Å². The second-order valence-electron chi connectivity index (χ2n) is 9.28. The van der Waals surface area contributed by atoms with E-state index in [2.05, 4.69) is 4.98 Å². The molecule has 2 aromatic carbocycles. The molecule has 0 saturated carbocycles. The van der Waals surface area contributed by atoms with Crippen LogP contribution in [0.1, 0.15) is 32.3 Å². The average molecular weight is 518 g/mol. The molecule has 1 amide bonds. The topological polar surface area (TPSA) is 115 Å². The molecule has 0 aliphatic carbocycles.